The van der Waals surface area contributed by atoms with E-state index in [1.165, 1.54) is 0 Å². The summed E-state index contributed by atoms with van der Waals surface area (Å²) in [5.74, 6) is -1.50. The molecule has 4 N–H and O–H groups in total. The Labute approximate surface area is 111 Å². The predicted octanol–water partition coefficient (Wildman–Crippen LogP) is 0.420. The van der Waals surface area contributed by atoms with Gasteiger partial charge in [-0.1, -0.05) is 0 Å². The second-order valence-corrected chi connectivity index (χ2v) is 2.96. The molecule has 0 aromatic rings. The van der Waals surface area contributed by atoms with E-state index in [9.17, 15) is 9.18 Å². The first-order chi connectivity index (χ1) is 6.58. The minimum Gasteiger partial charge on any atom is -0.480 e. The first-order valence-electron chi connectivity index (χ1n) is 4.02. The van der Waals surface area contributed by atoms with Crippen molar-refractivity contribution in [3.63, 3.8) is 0 Å². The molecule has 0 fully saturated rings. The Hall–Kier alpha value is -0.240. The molecule has 0 aromatic carbocycles. The van der Waals surface area contributed by atoms with Crippen molar-refractivity contribution in [1.82, 2.24) is 4.90 Å². The molecule has 0 rings (SSSR count). The lowest BCUT2D eigenvalue weighted by Gasteiger charge is -2.28. The van der Waals surface area contributed by atoms with Crippen molar-refractivity contribution in [2.45, 2.75) is 6.04 Å². The zero-order valence-corrected chi connectivity index (χ0v) is 11.0. The maximum Gasteiger partial charge on any atom is 0.327 e. The summed E-state index contributed by atoms with van der Waals surface area (Å²) in [5, 5.41) is 16.0. The Morgan fingerprint density at radius 1 is 1.56 bits per heavy atom. The molecule has 0 amide bonds. The van der Waals surface area contributed by atoms with Gasteiger partial charge < -0.3 is 15.7 Å². The van der Waals surface area contributed by atoms with Gasteiger partial charge in [-0.05, 0) is 0 Å². The third-order valence-electron chi connectivity index (χ3n) is 1.68. The molecule has 0 saturated heterocycles. The number of rotatable bonds is 6. The van der Waals surface area contributed by atoms with Gasteiger partial charge in [0.2, 0.25) is 0 Å². The van der Waals surface area contributed by atoms with Gasteiger partial charge >= 0.3 is 5.97 Å². The summed E-state index contributed by atoms with van der Waals surface area (Å²) in [6.45, 7) is -0.697. The highest BCUT2D eigenvalue weighted by Crippen LogP contribution is 2.03. The standard InChI is InChI=1S/C7H14FN3O2S.2ClH/c8-3-6(10)11(2-1-9)5(4-14)7(12)13;;/h5,10,14H,1-4,9H2,(H,12,13);2*1H/t5-;;/m0../s1. The topological polar surface area (TPSA) is 90.4 Å². The van der Waals surface area contributed by atoms with Crippen LogP contribution in [0.5, 0.6) is 0 Å². The lowest BCUT2D eigenvalue weighted by Crippen LogP contribution is -2.48. The predicted molar refractivity (Wildman–Crippen MR) is 69.2 cm³/mol. The van der Waals surface area contributed by atoms with E-state index in [0.29, 0.717) is 0 Å². The molecular formula is C7H16Cl2FN3O2S. The summed E-state index contributed by atoms with van der Waals surface area (Å²) in [6.07, 6.45) is 0. The molecular weight excluding hydrogens is 280 g/mol. The molecule has 0 aliphatic carbocycles. The van der Waals surface area contributed by atoms with Gasteiger partial charge in [0.15, 0.2) is 0 Å². The number of halogens is 3. The molecule has 0 aliphatic rings. The maximum absolute atomic E-state index is 12.2. The number of hydrogen-bond acceptors (Lipinski definition) is 4. The van der Waals surface area contributed by atoms with E-state index in [-0.39, 0.29) is 49.5 Å². The highest BCUT2D eigenvalue weighted by molar-refractivity contribution is 7.80. The van der Waals surface area contributed by atoms with Crippen molar-refractivity contribution < 1.29 is 14.3 Å². The van der Waals surface area contributed by atoms with E-state index in [1.807, 2.05) is 0 Å². The Morgan fingerprint density at radius 2 is 2.06 bits per heavy atom. The molecule has 0 bridgehead atoms. The average molecular weight is 296 g/mol. The Balaban J connectivity index is -0.000000845. The summed E-state index contributed by atoms with van der Waals surface area (Å²) in [4.78, 5) is 11.8. The molecule has 0 saturated carbocycles. The van der Waals surface area contributed by atoms with Gasteiger partial charge in [0.1, 0.15) is 18.6 Å². The van der Waals surface area contributed by atoms with E-state index >= 15 is 0 Å². The molecule has 0 radical (unpaired) electrons. The lowest BCUT2D eigenvalue weighted by atomic mass is 10.2. The van der Waals surface area contributed by atoms with Crippen molar-refractivity contribution in [2.75, 3.05) is 25.5 Å². The van der Waals surface area contributed by atoms with Crippen LogP contribution in [0.15, 0.2) is 0 Å². The van der Waals surface area contributed by atoms with Crippen LogP contribution in [0.4, 0.5) is 4.39 Å². The second kappa shape index (κ2) is 11.3. The first kappa shape index (κ1) is 21.1. The number of carboxylic acid groups (broad SMARTS) is 1. The minimum absolute atomic E-state index is 0. The van der Waals surface area contributed by atoms with E-state index in [1.54, 1.807) is 0 Å². The number of nitrogens with zero attached hydrogens (tertiary/aromatic N) is 1. The summed E-state index contributed by atoms with van der Waals surface area (Å²) < 4.78 is 12.2. The van der Waals surface area contributed by atoms with Crippen LogP contribution in [-0.2, 0) is 4.79 Å². The molecule has 0 aliphatic heterocycles. The van der Waals surface area contributed by atoms with Crippen molar-refractivity contribution in [2.24, 2.45) is 5.73 Å². The van der Waals surface area contributed by atoms with Crippen LogP contribution < -0.4 is 5.73 Å². The maximum atomic E-state index is 12.2. The molecule has 0 aromatic heterocycles. The monoisotopic (exact) mass is 295 g/mol. The number of nitrogens with two attached hydrogens (primary N) is 1. The number of alkyl halides is 1. The van der Waals surface area contributed by atoms with E-state index in [2.05, 4.69) is 12.6 Å². The quantitative estimate of drug-likeness (QED) is 0.325. The van der Waals surface area contributed by atoms with Gasteiger partial charge in [0.05, 0.1) is 0 Å². The van der Waals surface area contributed by atoms with Crippen molar-refractivity contribution in [3.8, 4) is 0 Å². The molecule has 16 heavy (non-hydrogen) atoms. The number of amidine groups is 1. The number of thiol groups is 1. The number of nitrogens with one attached hydrogen (secondary N) is 1. The van der Waals surface area contributed by atoms with Crippen LogP contribution in [0.2, 0.25) is 0 Å². The Bertz CT molecular complexity index is 224. The first-order valence-corrected chi connectivity index (χ1v) is 4.65. The smallest absolute Gasteiger partial charge is 0.327 e. The summed E-state index contributed by atoms with van der Waals surface area (Å²) in [6, 6.07) is -0.995. The number of hydrogen-bond donors (Lipinski definition) is 4. The fourth-order valence-corrected chi connectivity index (χ4v) is 1.36. The lowest BCUT2D eigenvalue weighted by molar-refractivity contribution is -0.141. The summed E-state index contributed by atoms with van der Waals surface area (Å²) >= 11 is 3.84. The fourth-order valence-electron chi connectivity index (χ4n) is 1.00. The van der Waals surface area contributed by atoms with Crippen LogP contribution in [0.25, 0.3) is 0 Å². The normalized spacial score (nSPS) is 10.7. The largest absolute Gasteiger partial charge is 0.480 e. The molecule has 0 unspecified atom stereocenters. The third kappa shape index (κ3) is 6.37. The van der Waals surface area contributed by atoms with E-state index in [4.69, 9.17) is 16.2 Å². The van der Waals surface area contributed by atoms with E-state index in [0.717, 1.165) is 4.90 Å². The zero-order valence-electron chi connectivity index (χ0n) is 8.43. The van der Waals surface area contributed by atoms with Gasteiger partial charge in [-0.3, -0.25) is 5.41 Å². The molecule has 5 nitrogen and oxygen atoms in total. The van der Waals surface area contributed by atoms with Gasteiger partial charge in [-0.2, -0.15) is 12.6 Å². The number of carboxylic acids is 1. The van der Waals surface area contributed by atoms with Crippen molar-refractivity contribution in [3.05, 3.63) is 0 Å². The molecule has 0 heterocycles. The number of aliphatic carboxylic acids is 1. The second-order valence-electron chi connectivity index (χ2n) is 2.60. The van der Waals surface area contributed by atoms with E-state index < -0.39 is 18.7 Å². The van der Waals surface area contributed by atoms with Crippen LogP contribution in [0.1, 0.15) is 0 Å². The van der Waals surface area contributed by atoms with Crippen molar-refractivity contribution in [1.29, 1.82) is 5.41 Å². The Kier molecular flexibility index (Phi) is 14.8. The average Bonchev–Trinajstić information content (AvgIpc) is 2.16. The third-order valence-corrected chi connectivity index (χ3v) is 2.02. The van der Waals surface area contributed by atoms with Crippen LogP contribution in [0, 0.1) is 5.41 Å². The van der Waals surface area contributed by atoms with Gasteiger partial charge in [0, 0.05) is 18.8 Å². The van der Waals surface area contributed by atoms with Crippen LogP contribution in [0.3, 0.4) is 0 Å². The van der Waals surface area contributed by atoms with Crippen LogP contribution in [-0.4, -0.2) is 53.4 Å². The molecule has 0 spiro atoms. The minimum atomic E-state index is -1.13. The van der Waals surface area contributed by atoms with Gasteiger partial charge in [0.25, 0.3) is 0 Å². The fraction of sp³-hybridized carbons (Fsp3) is 0.714. The van der Waals surface area contributed by atoms with Crippen LogP contribution >= 0.6 is 37.4 Å². The molecule has 9 heteroatoms. The zero-order chi connectivity index (χ0) is 11.1. The Morgan fingerprint density at radius 3 is 2.31 bits per heavy atom. The SMILES string of the molecule is Cl.Cl.N=C(CF)N(CCN)[C@@H](CS)C(=O)O. The molecule has 98 valence electrons. The molecule has 1 atom stereocenters. The highest BCUT2D eigenvalue weighted by Gasteiger charge is 2.25. The van der Waals surface area contributed by atoms with Crippen molar-refractivity contribution >= 4 is 49.2 Å². The highest BCUT2D eigenvalue weighted by atomic mass is 35.5. The summed E-state index contributed by atoms with van der Waals surface area (Å²) in [5.41, 5.74) is 5.24. The number of carbonyl (C=O) groups is 1. The van der Waals surface area contributed by atoms with Gasteiger partial charge in [-0.15, -0.1) is 24.8 Å². The summed E-state index contributed by atoms with van der Waals surface area (Å²) in [7, 11) is 0. The van der Waals surface area contributed by atoms with Gasteiger partial charge in [-0.25, -0.2) is 9.18 Å².